The molecular weight excluding hydrogens is 294 g/mol. The summed E-state index contributed by atoms with van der Waals surface area (Å²) in [7, 11) is 1.65. The zero-order valence-corrected chi connectivity index (χ0v) is 13.9. The molecule has 1 fully saturated rings. The smallest absolute Gasteiger partial charge is 0.216 e. The lowest BCUT2D eigenvalue weighted by molar-refractivity contribution is 0.405. The maximum Gasteiger partial charge on any atom is 0.216 e. The van der Waals surface area contributed by atoms with Crippen molar-refractivity contribution in [1.29, 1.82) is 0 Å². The van der Waals surface area contributed by atoms with Gasteiger partial charge in [-0.15, -0.1) is 10.2 Å². The van der Waals surface area contributed by atoms with Crippen molar-refractivity contribution in [3.8, 4) is 5.75 Å². The van der Waals surface area contributed by atoms with Gasteiger partial charge in [-0.25, -0.2) is 9.97 Å². The van der Waals surface area contributed by atoms with Crippen molar-refractivity contribution in [2.75, 3.05) is 12.4 Å². The molecule has 7 nitrogen and oxygen atoms in total. The predicted molar refractivity (Wildman–Crippen MR) is 85.5 cm³/mol. The van der Waals surface area contributed by atoms with Crippen LogP contribution in [0, 0.1) is 12.8 Å². The molecule has 0 aromatic carbocycles. The number of aryl methyl sites for hydroxylation is 2. The van der Waals surface area contributed by atoms with E-state index in [9.17, 15) is 0 Å². The van der Waals surface area contributed by atoms with Gasteiger partial charge in [-0.05, 0) is 32.1 Å². The molecule has 1 N–H and O–H groups in total. The van der Waals surface area contributed by atoms with Crippen LogP contribution in [0.2, 0.25) is 0 Å². The van der Waals surface area contributed by atoms with Crippen LogP contribution in [0.15, 0.2) is 10.7 Å². The third kappa shape index (κ3) is 3.60. The van der Waals surface area contributed by atoms with Crippen LogP contribution in [0.3, 0.4) is 0 Å². The van der Waals surface area contributed by atoms with Gasteiger partial charge < -0.3 is 14.5 Å². The molecule has 2 aromatic rings. The molecular formula is C16H23N5O2. The Morgan fingerprint density at radius 3 is 2.83 bits per heavy atom. The molecule has 0 spiro atoms. The topological polar surface area (TPSA) is 86.0 Å². The van der Waals surface area contributed by atoms with E-state index in [1.54, 1.807) is 13.4 Å². The molecule has 0 aliphatic heterocycles. The summed E-state index contributed by atoms with van der Waals surface area (Å²) in [6.45, 7) is 3.94. The maximum absolute atomic E-state index is 5.62. The molecule has 124 valence electrons. The Labute approximate surface area is 135 Å². The standard InChI is InChI=1S/C16H23N5O2/c1-4-13-20-21-14(23-13)8-11-5-6-12(7-11)19-16-15(22-3)10(2)17-9-18-16/h9,11-12H,4-8H2,1-3H3,(H,17,18,19)/t11-,12+/m1/s1. The van der Waals surface area contributed by atoms with Crippen LogP contribution in [0.4, 0.5) is 5.82 Å². The second kappa shape index (κ2) is 6.93. The molecule has 0 amide bonds. The molecule has 1 saturated carbocycles. The second-order valence-electron chi connectivity index (χ2n) is 6.01. The maximum atomic E-state index is 5.62. The van der Waals surface area contributed by atoms with Gasteiger partial charge in [-0.1, -0.05) is 6.92 Å². The first-order valence-electron chi connectivity index (χ1n) is 8.13. The van der Waals surface area contributed by atoms with Crippen LogP contribution in [0.1, 0.15) is 43.7 Å². The van der Waals surface area contributed by atoms with Gasteiger partial charge in [0, 0.05) is 18.9 Å². The van der Waals surface area contributed by atoms with Crippen LogP contribution in [0.5, 0.6) is 5.75 Å². The van der Waals surface area contributed by atoms with E-state index in [0.717, 1.165) is 55.3 Å². The summed E-state index contributed by atoms with van der Waals surface area (Å²) in [6, 6.07) is 0.386. The highest BCUT2D eigenvalue weighted by molar-refractivity contribution is 5.52. The van der Waals surface area contributed by atoms with E-state index in [-0.39, 0.29) is 0 Å². The van der Waals surface area contributed by atoms with E-state index in [0.29, 0.717) is 17.9 Å². The number of aromatic nitrogens is 4. The summed E-state index contributed by atoms with van der Waals surface area (Å²) in [6.07, 6.45) is 6.52. The molecule has 3 rings (SSSR count). The van der Waals surface area contributed by atoms with Gasteiger partial charge in [0.05, 0.1) is 12.8 Å². The fourth-order valence-corrected chi connectivity index (χ4v) is 3.15. The molecule has 7 heteroatoms. The quantitative estimate of drug-likeness (QED) is 0.876. The van der Waals surface area contributed by atoms with Crippen LogP contribution in [-0.4, -0.2) is 33.3 Å². The van der Waals surface area contributed by atoms with Gasteiger partial charge in [-0.3, -0.25) is 0 Å². The van der Waals surface area contributed by atoms with Crippen molar-refractivity contribution in [2.45, 2.75) is 52.0 Å². The predicted octanol–water partition coefficient (Wildman–Crippen LogP) is 2.56. The lowest BCUT2D eigenvalue weighted by Gasteiger charge is -2.16. The fraction of sp³-hybridized carbons (Fsp3) is 0.625. The van der Waals surface area contributed by atoms with Gasteiger partial charge in [0.25, 0.3) is 0 Å². The summed E-state index contributed by atoms with van der Waals surface area (Å²) in [5.74, 6) is 3.53. The van der Waals surface area contributed by atoms with E-state index in [1.165, 1.54) is 0 Å². The van der Waals surface area contributed by atoms with Crippen molar-refractivity contribution in [3.05, 3.63) is 23.8 Å². The van der Waals surface area contributed by atoms with E-state index in [1.807, 2.05) is 13.8 Å². The summed E-state index contributed by atoms with van der Waals surface area (Å²) in [4.78, 5) is 8.47. The minimum atomic E-state index is 0.386. The largest absolute Gasteiger partial charge is 0.491 e. The number of nitrogens with zero attached hydrogens (tertiary/aromatic N) is 4. The minimum Gasteiger partial charge on any atom is -0.491 e. The van der Waals surface area contributed by atoms with Crippen molar-refractivity contribution >= 4 is 5.82 Å². The fourth-order valence-electron chi connectivity index (χ4n) is 3.15. The summed E-state index contributed by atoms with van der Waals surface area (Å²) in [5, 5.41) is 11.6. The summed E-state index contributed by atoms with van der Waals surface area (Å²) < 4.78 is 11.0. The molecule has 23 heavy (non-hydrogen) atoms. The molecule has 2 atom stereocenters. The Morgan fingerprint density at radius 1 is 1.26 bits per heavy atom. The number of hydrogen-bond acceptors (Lipinski definition) is 7. The Balaban J connectivity index is 1.59. The number of rotatable bonds is 6. The zero-order chi connectivity index (χ0) is 16.2. The SMILES string of the molecule is CCc1nnc(C[C@@H]2CC[C@H](Nc3ncnc(C)c3OC)C2)o1. The first-order valence-corrected chi connectivity index (χ1v) is 8.13. The average molecular weight is 317 g/mol. The van der Waals surface area contributed by atoms with Gasteiger partial charge in [0.2, 0.25) is 11.8 Å². The Hall–Kier alpha value is -2.18. The highest BCUT2D eigenvalue weighted by Crippen LogP contribution is 2.32. The van der Waals surface area contributed by atoms with Gasteiger partial charge >= 0.3 is 0 Å². The molecule has 0 saturated heterocycles. The third-order valence-electron chi connectivity index (χ3n) is 4.34. The van der Waals surface area contributed by atoms with E-state index in [4.69, 9.17) is 9.15 Å². The summed E-state index contributed by atoms with van der Waals surface area (Å²) >= 11 is 0. The first kappa shape index (κ1) is 15.7. The Morgan fingerprint density at radius 2 is 2.09 bits per heavy atom. The highest BCUT2D eigenvalue weighted by atomic mass is 16.5. The monoisotopic (exact) mass is 317 g/mol. The number of hydrogen-bond donors (Lipinski definition) is 1. The molecule has 0 bridgehead atoms. The number of nitrogens with one attached hydrogen (secondary N) is 1. The average Bonchev–Trinajstić information content (AvgIpc) is 3.17. The normalized spacial score (nSPS) is 20.7. The zero-order valence-electron chi connectivity index (χ0n) is 13.9. The van der Waals surface area contributed by atoms with Crippen LogP contribution >= 0.6 is 0 Å². The van der Waals surface area contributed by atoms with Crippen LogP contribution in [0.25, 0.3) is 0 Å². The minimum absolute atomic E-state index is 0.386. The van der Waals surface area contributed by atoms with Crippen molar-refractivity contribution < 1.29 is 9.15 Å². The third-order valence-corrected chi connectivity index (χ3v) is 4.34. The molecule has 1 aliphatic rings. The molecule has 0 unspecified atom stereocenters. The van der Waals surface area contributed by atoms with Crippen LogP contribution < -0.4 is 10.1 Å². The molecule has 2 heterocycles. The van der Waals surface area contributed by atoms with Gasteiger partial charge in [-0.2, -0.15) is 0 Å². The van der Waals surface area contributed by atoms with Gasteiger partial charge in [0.15, 0.2) is 11.6 Å². The van der Waals surface area contributed by atoms with E-state index in [2.05, 4.69) is 25.5 Å². The first-order chi connectivity index (χ1) is 11.2. The molecule has 0 radical (unpaired) electrons. The summed E-state index contributed by atoms with van der Waals surface area (Å²) in [5.41, 5.74) is 0.845. The van der Waals surface area contributed by atoms with Crippen LogP contribution in [-0.2, 0) is 12.8 Å². The van der Waals surface area contributed by atoms with Crippen molar-refractivity contribution in [1.82, 2.24) is 20.2 Å². The lowest BCUT2D eigenvalue weighted by atomic mass is 10.0. The Kier molecular flexibility index (Phi) is 4.73. The van der Waals surface area contributed by atoms with Crippen molar-refractivity contribution in [2.24, 2.45) is 5.92 Å². The number of ether oxygens (including phenoxy) is 1. The molecule has 1 aliphatic carbocycles. The Bertz CT molecular complexity index is 658. The number of methoxy groups -OCH3 is 1. The van der Waals surface area contributed by atoms with Crippen molar-refractivity contribution in [3.63, 3.8) is 0 Å². The number of anilines is 1. The van der Waals surface area contributed by atoms with Gasteiger partial charge in [0.1, 0.15) is 6.33 Å². The highest BCUT2D eigenvalue weighted by Gasteiger charge is 2.27. The van der Waals surface area contributed by atoms with E-state index >= 15 is 0 Å². The second-order valence-corrected chi connectivity index (χ2v) is 6.01. The van der Waals surface area contributed by atoms with E-state index < -0.39 is 0 Å². The lowest BCUT2D eigenvalue weighted by Crippen LogP contribution is -2.18. The molecule has 2 aromatic heterocycles.